The molecular formula is C18H13F3N4O3S2. The molecule has 0 spiro atoms. The van der Waals surface area contributed by atoms with Crippen LogP contribution in [-0.2, 0) is 4.79 Å². The van der Waals surface area contributed by atoms with Gasteiger partial charge in [0.05, 0.1) is 34.1 Å². The lowest BCUT2D eigenvalue weighted by Crippen LogP contribution is -2.17. The van der Waals surface area contributed by atoms with Crippen LogP contribution >= 0.6 is 23.1 Å². The molecule has 2 aromatic heterocycles. The zero-order valence-electron chi connectivity index (χ0n) is 15.2. The van der Waals surface area contributed by atoms with E-state index >= 15 is 0 Å². The van der Waals surface area contributed by atoms with E-state index in [2.05, 4.69) is 25.0 Å². The van der Waals surface area contributed by atoms with Gasteiger partial charge in [0.15, 0.2) is 10.3 Å². The maximum Gasteiger partial charge on any atom is 0.573 e. The molecule has 1 amide bonds. The van der Waals surface area contributed by atoms with Gasteiger partial charge in [-0.15, -0.1) is 13.2 Å². The number of thioether (sulfide) groups is 1. The van der Waals surface area contributed by atoms with Crippen LogP contribution in [0, 0.1) is 0 Å². The Labute approximate surface area is 175 Å². The van der Waals surface area contributed by atoms with Crippen LogP contribution in [0.1, 0.15) is 0 Å². The maximum absolute atomic E-state index is 12.5. The quantitative estimate of drug-likeness (QED) is 0.407. The van der Waals surface area contributed by atoms with Gasteiger partial charge in [-0.25, -0.2) is 9.97 Å². The largest absolute Gasteiger partial charge is 0.573 e. The second-order valence-corrected chi connectivity index (χ2v) is 7.90. The molecule has 0 bridgehead atoms. The third kappa shape index (κ3) is 4.60. The highest BCUT2D eigenvalue weighted by atomic mass is 32.2. The predicted molar refractivity (Wildman–Crippen MR) is 108 cm³/mol. The molecule has 0 fully saturated rings. The van der Waals surface area contributed by atoms with E-state index in [4.69, 9.17) is 4.74 Å². The van der Waals surface area contributed by atoms with Gasteiger partial charge in [-0.05, 0) is 24.3 Å². The number of thiazole rings is 1. The molecule has 2 heterocycles. The van der Waals surface area contributed by atoms with Crippen LogP contribution in [0.5, 0.6) is 11.5 Å². The minimum Gasteiger partial charge on any atom is -0.497 e. The number of halogens is 3. The van der Waals surface area contributed by atoms with E-state index in [1.54, 1.807) is 31.4 Å². The SMILES string of the molecule is COc1ccc2nc(SCC(=O)Nc3nc4cccc(OC(F)(F)F)c4s3)[nH]c2c1. The fraction of sp³-hybridized carbons (Fsp3) is 0.167. The highest BCUT2D eigenvalue weighted by molar-refractivity contribution is 7.99. The van der Waals surface area contributed by atoms with E-state index < -0.39 is 6.36 Å². The summed E-state index contributed by atoms with van der Waals surface area (Å²) in [7, 11) is 1.57. The number of fused-ring (bicyclic) bond motifs is 2. The number of aromatic amines is 1. The van der Waals surface area contributed by atoms with Crippen molar-refractivity contribution in [3.05, 3.63) is 36.4 Å². The topological polar surface area (TPSA) is 89.1 Å². The number of anilines is 1. The number of alkyl halides is 3. The molecule has 0 unspecified atom stereocenters. The summed E-state index contributed by atoms with van der Waals surface area (Å²) in [5.74, 6) is 0.00400. The van der Waals surface area contributed by atoms with Crippen LogP contribution in [-0.4, -0.2) is 40.1 Å². The van der Waals surface area contributed by atoms with Crippen molar-refractivity contribution in [3.8, 4) is 11.5 Å². The summed E-state index contributed by atoms with van der Waals surface area (Å²) in [5, 5.41) is 3.33. The standard InChI is InChI=1S/C18H13F3N4O3S2/c1-27-9-5-6-10-12(7-9)24-16(22-10)29-8-14(26)25-17-23-11-3-2-4-13(15(11)30-17)28-18(19,20)21/h2-7H,8H2,1H3,(H,22,24)(H,23,25,26). The summed E-state index contributed by atoms with van der Waals surface area (Å²) in [4.78, 5) is 23.9. The van der Waals surface area contributed by atoms with Crippen LogP contribution in [0.2, 0.25) is 0 Å². The lowest BCUT2D eigenvalue weighted by atomic mass is 10.3. The molecule has 30 heavy (non-hydrogen) atoms. The second-order valence-electron chi connectivity index (χ2n) is 5.93. The number of carbonyl (C=O) groups excluding carboxylic acids is 1. The summed E-state index contributed by atoms with van der Waals surface area (Å²) in [5.41, 5.74) is 1.82. The summed E-state index contributed by atoms with van der Waals surface area (Å²) < 4.78 is 47.0. The lowest BCUT2D eigenvalue weighted by molar-refractivity contribution is -0.274. The molecule has 0 atom stereocenters. The molecule has 0 saturated heterocycles. The van der Waals surface area contributed by atoms with Crippen molar-refractivity contribution in [1.29, 1.82) is 0 Å². The van der Waals surface area contributed by atoms with Gasteiger partial charge in [0.1, 0.15) is 11.5 Å². The average Bonchev–Trinajstić information content (AvgIpc) is 3.28. The minimum absolute atomic E-state index is 0.0405. The Bertz CT molecular complexity index is 1220. The van der Waals surface area contributed by atoms with Crippen LogP contribution in [0.4, 0.5) is 18.3 Å². The molecule has 0 aliphatic rings. The van der Waals surface area contributed by atoms with Crippen molar-refractivity contribution in [1.82, 2.24) is 15.0 Å². The smallest absolute Gasteiger partial charge is 0.497 e. The number of nitrogens with zero attached hydrogens (tertiary/aromatic N) is 2. The first kappa shape index (κ1) is 20.3. The number of hydrogen-bond acceptors (Lipinski definition) is 7. The van der Waals surface area contributed by atoms with Crippen LogP contribution in [0.3, 0.4) is 0 Å². The van der Waals surface area contributed by atoms with Crippen molar-refractivity contribution in [2.24, 2.45) is 0 Å². The highest BCUT2D eigenvalue weighted by Gasteiger charge is 2.32. The molecule has 4 rings (SSSR count). The zero-order valence-corrected chi connectivity index (χ0v) is 16.9. The Balaban J connectivity index is 1.42. The number of aromatic nitrogens is 3. The Kier molecular flexibility index (Phi) is 5.43. The third-order valence-corrected chi connectivity index (χ3v) is 5.73. The van der Waals surface area contributed by atoms with Gasteiger partial charge in [-0.3, -0.25) is 4.79 Å². The number of amides is 1. The highest BCUT2D eigenvalue weighted by Crippen LogP contribution is 2.36. The van der Waals surface area contributed by atoms with E-state index in [1.807, 2.05) is 0 Å². The number of methoxy groups -OCH3 is 1. The Morgan fingerprint density at radius 1 is 1.23 bits per heavy atom. The molecule has 4 aromatic rings. The van der Waals surface area contributed by atoms with Crippen molar-refractivity contribution in [2.75, 3.05) is 18.2 Å². The van der Waals surface area contributed by atoms with Crippen molar-refractivity contribution in [3.63, 3.8) is 0 Å². The number of H-pyrrole nitrogens is 1. The van der Waals surface area contributed by atoms with E-state index in [9.17, 15) is 18.0 Å². The van der Waals surface area contributed by atoms with E-state index in [0.717, 1.165) is 22.4 Å². The van der Waals surface area contributed by atoms with Gasteiger partial charge in [-0.2, -0.15) is 0 Å². The number of rotatable bonds is 6. The fourth-order valence-electron chi connectivity index (χ4n) is 2.63. The molecule has 0 saturated carbocycles. The van der Waals surface area contributed by atoms with Crippen molar-refractivity contribution >= 4 is 55.4 Å². The van der Waals surface area contributed by atoms with Gasteiger partial charge < -0.3 is 19.8 Å². The second kappa shape index (κ2) is 8.03. The molecule has 12 heteroatoms. The number of hydrogen-bond donors (Lipinski definition) is 2. The molecule has 0 radical (unpaired) electrons. The zero-order chi connectivity index (χ0) is 21.3. The summed E-state index contributed by atoms with van der Waals surface area (Å²) in [6.45, 7) is 0. The van der Waals surface area contributed by atoms with Gasteiger partial charge in [0.25, 0.3) is 0 Å². The Morgan fingerprint density at radius 2 is 2.07 bits per heavy atom. The molecule has 2 N–H and O–H groups in total. The van der Waals surface area contributed by atoms with Crippen LogP contribution in [0.25, 0.3) is 21.3 Å². The molecule has 156 valence electrons. The summed E-state index contributed by atoms with van der Waals surface area (Å²) in [6, 6.07) is 9.54. The lowest BCUT2D eigenvalue weighted by Gasteiger charge is -2.08. The monoisotopic (exact) mass is 454 g/mol. The number of ether oxygens (including phenoxy) is 2. The Morgan fingerprint density at radius 3 is 2.83 bits per heavy atom. The number of benzene rings is 2. The normalized spacial score (nSPS) is 11.7. The summed E-state index contributed by atoms with van der Waals surface area (Å²) >= 11 is 2.10. The van der Waals surface area contributed by atoms with Gasteiger partial charge in [0, 0.05) is 6.07 Å². The van der Waals surface area contributed by atoms with Crippen LogP contribution < -0.4 is 14.8 Å². The van der Waals surface area contributed by atoms with Gasteiger partial charge >= 0.3 is 6.36 Å². The van der Waals surface area contributed by atoms with E-state index in [-0.39, 0.29) is 27.2 Å². The molecular weight excluding hydrogens is 441 g/mol. The number of imidazole rings is 1. The minimum atomic E-state index is -4.81. The number of nitrogens with one attached hydrogen (secondary N) is 2. The van der Waals surface area contributed by atoms with E-state index in [1.165, 1.54) is 23.9 Å². The molecule has 0 aliphatic heterocycles. The predicted octanol–water partition coefficient (Wildman–Crippen LogP) is 4.81. The summed E-state index contributed by atoms with van der Waals surface area (Å²) in [6.07, 6.45) is -4.81. The van der Waals surface area contributed by atoms with E-state index in [0.29, 0.717) is 16.4 Å². The van der Waals surface area contributed by atoms with Crippen molar-refractivity contribution in [2.45, 2.75) is 11.5 Å². The molecule has 7 nitrogen and oxygen atoms in total. The van der Waals surface area contributed by atoms with Gasteiger partial charge in [-0.1, -0.05) is 29.2 Å². The fourth-order valence-corrected chi connectivity index (χ4v) is 4.25. The molecule has 2 aromatic carbocycles. The van der Waals surface area contributed by atoms with Crippen LogP contribution in [0.15, 0.2) is 41.6 Å². The number of carbonyl (C=O) groups is 1. The first-order valence-electron chi connectivity index (χ1n) is 8.42. The van der Waals surface area contributed by atoms with Gasteiger partial charge in [0.2, 0.25) is 5.91 Å². The first-order chi connectivity index (χ1) is 14.3. The molecule has 0 aliphatic carbocycles. The third-order valence-electron chi connectivity index (χ3n) is 3.86. The maximum atomic E-state index is 12.5. The Hall–Kier alpha value is -2.99. The first-order valence-corrected chi connectivity index (χ1v) is 10.2. The average molecular weight is 454 g/mol. The van der Waals surface area contributed by atoms with Crippen molar-refractivity contribution < 1.29 is 27.4 Å².